The van der Waals surface area contributed by atoms with Crippen LogP contribution >= 0.6 is 0 Å². The van der Waals surface area contributed by atoms with Crippen LogP contribution in [0.15, 0.2) is 48.7 Å². The van der Waals surface area contributed by atoms with Crippen LogP contribution < -0.4 is 10.1 Å². The van der Waals surface area contributed by atoms with Gasteiger partial charge in [-0.2, -0.15) is 0 Å². The van der Waals surface area contributed by atoms with Gasteiger partial charge in [0.05, 0.1) is 47.7 Å². The standard InChI is InChI=1S/C44H53N7O7/c1-23(2)37(49-42-56-22-57-42)41(52)51-24(3)8-13-34(51)39-45-18-33(47-39)27-9-11-29-28(15-27)21-55-36-17-30-26(16-31(29)36)10-12-32-38(30)48-40(46-32)35-14-25(20-54-7)19-50(35)43(53)58-44(4,5)6/h9-12,15-18,23-25,34-35,37,42,49H,8,13-14,19-22H2,1-7H3,(H,45,47)(H,46,48)/t24-,25-,34-,35-,37-/m0/s1. The van der Waals surface area contributed by atoms with Crippen LogP contribution in [0.2, 0.25) is 0 Å². The van der Waals surface area contributed by atoms with Crippen molar-refractivity contribution in [3.05, 3.63) is 65.9 Å². The Hall–Kier alpha value is -5.02. The number of carbonyl (C=O) groups excluding carboxylic acids is 2. The second-order valence-electron chi connectivity index (χ2n) is 17.6. The predicted octanol–water partition coefficient (Wildman–Crippen LogP) is 7.56. The zero-order valence-corrected chi connectivity index (χ0v) is 34.3. The summed E-state index contributed by atoms with van der Waals surface area (Å²) in [7, 11) is 1.69. The zero-order chi connectivity index (χ0) is 40.5. The SMILES string of the molecule is COC[C@H]1C[C@@H](c2nc3ccc4cc5c(cc4c3[nH]2)OCc2cc(-c3cnc([C@@H]4CC[C@H](C)N4C(=O)[C@@H](NC4OCO4)C(C)C)[nH]3)ccc2-5)N(C(=O)OC(C)(C)C)C1. The molecule has 5 aromatic rings. The minimum Gasteiger partial charge on any atom is -0.488 e. The third kappa shape index (κ3) is 7.09. The molecule has 5 atom stereocenters. The Morgan fingerprint density at radius 2 is 1.84 bits per heavy atom. The fraction of sp³-hybridized carbons (Fsp3) is 0.500. The topological polar surface area (TPSA) is 156 Å². The van der Waals surface area contributed by atoms with E-state index >= 15 is 0 Å². The molecule has 306 valence electrons. The summed E-state index contributed by atoms with van der Waals surface area (Å²) in [6.07, 6.45) is 3.41. The number of carbonyl (C=O) groups is 2. The number of hydrogen-bond acceptors (Lipinski definition) is 10. The van der Waals surface area contributed by atoms with Gasteiger partial charge >= 0.3 is 6.09 Å². The molecule has 0 aliphatic carbocycles. The van der Waals surface area contributed by atoms with Crippen molar-refractivity contribution in [2.75, 3.05) is 27.1 Å². The van der Waals surface area contributed by atoms with Crippen molar-refractivity contribution in [2.24, 2.45) is 11.8 Å². The van der Waals surface area contributed by atoms with E-state index in [-0.39, 0.29) is 48.8 Å². The number of imidazole rings is 2. The minimum absolute atomic E-state index is 0.0302. The second-order valence-corrected chi connectivity index (χ2v) is 17.6. The molecule has 3 saturated heterocycles. The molecule has 0 unspecified atom stereocenters. The number of H-pyrrole nitrogens is 2. The minimum atomic E-state index is -0.607. The highest BCUT2D eigenvalue weighted by Crippen LogP contribution is 2.44. The van der Waals surface area contributed by atoms with E-state index in [0.29, 0.717) is 19.8 Å². The van der Waals surface area contributed by atoms with Gasteiger partial charge in [0, 0.05) is 36.6 Å². The summed E-state index contributed by atoms with van der Waals surface area (Å²) < 4.78 is 28.5. The van der Waals surface area contributed by atoms with Gasteiger partial charge in [0.2, 0.25) is 12.3 Å². The van der Waals surface area contributed by atoms with Crippen LogP contribution in [0.25, 0.3) is 44.2 Å². The second kappa shape index (κ2) is 15.0. The molecule has 14 nitrogen and oxygen atoms in total. The molecule has 14 heteroatoms. The Labute approximate surface area is 337 Å². The molecule has 3 fully saturated rings. The average molecular weight is 792 g/mol. The average Bonchev–Trinajstić information content (AvgIpc) is 3.98. The lowest BCUT2D eigenvalue weighted by molar-refractivity contribution is -0.335. The number of rotatable bonds is 9. The van der Waals surface area contributed by atoms with Gasteiger partial charge in [-0.3, -0.25) is 15.0 Å². The lowest BCUT2D eigenvalue weighted by atomic mass is 9.92. The molecule has 58 heavy (non-hydrogen) atoms. The fourth-order valence-electron chi connectivity index (χ4n) is 9.06. The smallest absolute Gasteiger partial charge is 0.410 e. The van der Waals surface area contributed by atoms with Gasteiger partial charge in [0.15, 0.2) is 6.79 Å². The molecule has 4 aliphatic heterocycles. The van der Waals surface area contributed by atoms with Gasteiger partial charge in [-0.1, -0.05) is 32.0 Å². The summed E-state index contributed by atoms with van der Waals surface area (Å²) in [5.74, 6) is 2.58. The Bertz CT molecular complexity index is 2360. The highest BCUT2D eigenvalue weighted by molar-refractivity contribution is 6.07. The highest BCUT2D eigenvalue weighted by Gasteiger charge is 2.42. The van der Waals surface area contributed by atoms with E-state index in [1.165, 1.54) is 0 Å². The maximum Gasteiger partial charge on any atom is 0.410 e. The van der Waals surface area contributed by atoms with Crippen molar-refractivity contribution in [1.29, 1.82) is 0 Å². The van der Waals surface area contributed by atoms with Crippen LogP contribution in [0.5, 0.6) is 5.75 Å². The van der Waals surface area contributed by atoms with E-state index < -0.39 is 18.1 Å². The summed E-state index contributed by atoms with van der Waals surface area (Å²) in [5, 5.41) is 5.29. The zero-order valence-electron chi connectivity index (χ0n) is 34.3. The van der Waals surface area contributed by atoms with Gasteiger partial charge in [-0.15, -0.1) is 0 Å². The molecule has 3 aromatic carbocycles. The third-order valence-electron chi connectivity index (χ3n) is 11.9. The lowest BCUT2D eigenvalue weighted by Crippen LogP contribution is -2.57. The van der Waals surface area contributed by atoms with Crippen LogP contribution in [-0.4, -0.2) is 92.9 Å². The summed E-state index contributed by atoms with van der Waals surface area (Å²) in [5.41, 5.74) is 6.25. The number of nitrogens with one attached hydrogen (secondary N) is 3. The van der Waals surface area contributed by atoms with E-state index in [1.807, 2.05) is 51.8 Å². The van der Waals surface area contributed by atoms with Crippen LogP contribution in [0.4, 0.5) is 4.79 Å². The first-order chi connectivity index (χ1) is 27.8. The number of fused-ring (bicyclic) bond motifs is 6. The predicted molar refractivity (Wildman–Crippen MR) is 217 cm³/mol. The molecular formula is C44H53N7O7. The first kappa shape index (κ1) is 38.5. The van der Waals surface area contributed by atoms with Crippen molar-refractivity contribution in [3.8, 4) is 28.1 Å². The summed E-state index contributed by atoms with van der Waals surface area (Å²) >= 11 is 0. The highest BCUT2D eigenvalue weighted by atomic mass is 16.9. The number of aromatic nitrogens is 4. The number of methoxy groups -OCH3 is 1. The van der Waals surface area contributed by atoms with Crippen LogP contribution in [0, 0.1) is 11.8 Å². The summed E-state index contributed by atoms with van der Waals surface area (Å²) in [4.78, 5) is 48.0. The number of aromatic amines is 2. The third-order valence-corrected chi connectivity index (χ3v) is 11.9. The first-order valence-electron chi connectivity index (χ1n) is 20.4. The van der Waals surface area contributed by atoms with Crippen LogP contribution in [0.1, 0.15) is 90.1 Å². The Balaban J connectivity index is 0.969. The number of nitrogens with zero attached hydrogens (tertiary/aromatic N) is 4. The van der Waals surface area contributed by atoms with Crippen LogP contribution in [-0.2, 0) is 30.3 Å². The Morgan fingerprint density at radius 3 is 2.59 bits per heavy atom. The van der Waals surface area contributed by atoms with Gasteiger partial charge in [0.25, 0.3) is 0 Å². The molecule has 4 aliphatic rings. The molecule has 0 saturated carbocycles. The number of hydrogen-bond donors (Lipinski definition) is 3. The number of likely N-dealkylation sites (tertiary alicyclic amines) is 2. The Morgan fingerprint density at radius 1 is 1.02 bits per heavy atom. The van der Waals surface area contributed by atoms with E-state index in [4.69, 9.17) is 33.7 Å². The number of ether oxygens (including phenoxy) is 5. The van der Waals surface area contributed by atoms with Gasteiger partial charge in [-0.05, 0) is 99.2 Å². The van der Waals surface area contributed by atoms with Crippen molar-refractivity contribution in [3.63, 3.8) is 0 Å². The molecule has 0 bridgehead atoms. The molecule has 6 heterocycles. The van der Waals surface area contributed by atoms with E-state index in [0.717, 1.165) is 86.4 Å². The monoisotopic (exact) mass is 791 g/mol. The summed E-state index contributed by atoms with van der Waals surface area (Å²) in [6, 6.07) is 14.1. The van der Waals surface area contributed by atoms with E-state index in [1.54, 1.807) is 12.0 Å². The maximum atomic E-state index is 14.0. The van der Waals surface area contributed by atoms with Gasteiger partial charge in [-0.25, -0.2) is 14.8 Å². The van der Waals surface area contributed by atoms with Crippen molar-refractivity contribution in [1.82, 2.24) is 35.1 Å². The van der Waals surface area contributed by atoms with E-state index in [9.17, 15) is 9.59 Å². The largest absolute Gasteiger partial charge is 0.488 e. The van der Waals surface area contributed by atoms with Gasteiger partial charge < -0.3 is 38.6 Å². The molecule has 2 aromatic heterocycles. The quantitative estimate of drug-likeness (QED) is 0.136. The maximum absolute atomic E-state index is 14.0. The molecular weight excluding hydrogens is 739 g/mol. The molecule has 9 rings (SSSR count). The summed E-state index contributed by atoms with van der Waals surface area (Å²) in [6.45, 7) is 13.6. The van der Waals surface area contributed by atoms with Gasteiger partial charge in [0.1, 0.15) is 29.6 Å². The molecule has 2 amide bonds. The molecule has 0 radical (unpaired) electrons. The number of benzene rings is 3. The molecule has 3 N–H and O–H groups in total. The number of amides is 2. The van der Waals surface area contributed by atoms with Crippen molar-refractivity contribution < 1.29 is 33.3 Å². The fourth-order valence-corrected chi connectivity index (χ4v) is 9.06. The Kier molecular flexibility index (Phi) is 9.94. The molecule has 0 spiro atoms. The normalized spacial score (nSPS) is 22.6. The van der Waals surface area contributed by atoms with Crippen molar-refractivity contribution in [2.45, 2.75) is 104 Å². The van der Waals surface area contributed by atoms with E-state index in [2.05, 4.69) is 58.6 Å². The lowest BCUT2D eigenvalue weighted by Gasteiger charge is -2.37. The van der Waals surface area contributed by atoms with Crippen molar-refractivity contribution >= 4 is 33.8 Å². The first-order valence-corrected chi connectivity index (χ1v) is 20.4. The van der Waals surface area contributed by atoms with Crippen LogP contribution in [0.3, 0.4) is 0 Å².